The van der Waals surface area contributed by atoms with E-state index in [4.69, 9.17) is 9.31 Å². The van der Waals surface area contributed by atoms with Gasteiger partial charge in [-0.3, -0.25) is 0 Å². The third-order valence-corrected chi connectivity index (χ3v) is 5.52. The van der Waals surface area contributed by atoms with E-state index in [1.807, 2.05) is 27.7 Å². The lowest BCUT2D eigenvalue weighted by atomic mass is 9.86. The van der Waals surface area contributed by atoms with Crippen molar-refractivity contribution >= 4 is 13.2 Å². The summed E-state index contributed by atoms with van der Waals surface area (Å²) in [4.78, 5) is 0. The highest BCUT2D eigenvalue weighted by Crippen LogP contribution is 2.39. The summed E-state index contributed by atoms with van der Waals surface area (Å²) in [5.74, 6) is 0. The first-order chi connectivity index (χ1) is 11.6. The maximum atomic E-state index is 14.7. The predicted molar refractivity (Wildman–Crippen MR) is 92.1 cm³/mol. The van der Waals surface area contributed by atoms with Gasteiger partial charge < -0.3 is 9.31 Å². The number of hydrogen-bond donors (Lipinski definition) is 0. The molecule has 138 valence electrons. The Balaban J connectivity index is 1.67. The topological polar surface area (TPSA) is 49.2 Å². The molecule has 0 spiro atoms. The van der Waals surface area contributed by atoms with E-state index >= 15 is 0 Å². The standard InChI is InChI=1S/C17H26BF2N3O2/c1-15(2)16(3,4)25-18(24-15)14(19)10-13-11-23(22-21-13)12-17(20)8-6-5-7-9-17/h10-11H,5-9,12H2,1-4H3. The Bertz CT molecular complexity index is 638. The van der Waals surface area contributed by atoms with Crippen molar-refractivity contribution < 1.29 is 18.1 Å². The molecule has 2 aliphatic rings. The molecule has 0 atom stereocenters. The monoisotopic (exact) mass is 353 g/mol. The highest BCUT2D eigenvalue weighted by Gasteiger charge is 2.53. The molecule has 0 amide bonds. The summed E-state index contributed by atoms with van der Waals surface area (Å²) in [6.45, 7) is 7.61. The molecule has 0 N–H and O–H groups in total. The molecule has 0 aromatic carbocycles. The SMILES string of the molecule is CC1(C)OB(C(F)=Cc2cn(CC3(F)CCCCC3)nn2)OC1(C)C. The summed E-state index contributed by atoms with van der Waals surface area (Å²) in [6, 6.07) is 0. The minimum atomic E-state index is -1.24. The average Bonchev–Trinajstić information content (AvgIpc) is 3.01. The van der Waals surface area contributed by atoms with E-state index in [0.29, 0.717) is 18.5 Å². The Morgan fingerprint density at radius 3 is 2.40 bits per heavy atom. The van der Waals surface area contributed by atoms with Crippen LogP contribution in [0.4, 0.5) is 8.78 Å². The van der Waals surface area contributed by atoms with Crippen LogP contribution in [-0.4, -0.2) is 39.0 Å². The van der Waals surface area contributed by atoms with Gasteiger partial charge in [-0.1, -0.05) is 24.5 Å². The fraction of sp³-hybridized carbons (Fsp3) is 0.765. The predicted octanol–water partition coefficient (Wildman–Crippen LogP) is 3.89. The summed E-state index contributed by atoms with van der Waals surface area (Å²) in [5, 5.41) is 7.84. The Hall–Kier alpha value is -1.28. The zero-order valence-corrected chi connectivity index (χ0v) is 15.4. The minimum Gasteiger partial charge on any atom is -0.398 e. The Kier molecular flexibility index (Phi) is 4.79. The summed E-state index contributed by atoms with van der Waals surface area (Å²) in [7, 11) is -1.07. The maximum Gasteiger partial charge on any atom is 0.525 e. The molecule has 1 aromatic heterocycles. The van der Waals surface area contributed by atoms with Crippen LogP contribution in [0.5, 0.6) is 0 Å². The second-order valence-electron chi connectivity index (χ2n) is 8.17. The van der Waals surface area contributed by atoms with Gasteiger partial charge in [0.05, 0.1) is 23.9 Å². The third-order valence-electron chi connectivity index (χ3n) is 5.52. The van der Waals surface area contributed by atoms with Gasteiger partial charge in [-0.15, -0.1) is 5.10 Å². The Morgan fingerprint density at radius 1 is 1.20 bits per heavy atom. The minimum absolute atomic E-state index is 0.159. The van der Waals surface area contributed by atoms with E-state index in [2.05, 4.69) is 10.3 Å². The number of halogens is 2. The van der Waals surface area contributed by atoms with Crippen molar-refractivity contribution in [2.45, 2.75) is 83.2 Å². The number of nitrogens with zero attached hydrogens (tertiary/aromatic N) is 3. The van der Waals surface area contributed by atoms with Crippen molar-refractivity contribution in [2.75, 3.05) is 0 Å². The molecule has 1 saturated carbocycles. The molecule has 8 heteroatoms. The summed E-state index contributed by atoms with van der Waals surface area (Å²) in [5.41, 5.74) is -2.70. The molecular formula is C17H26BF2N3O2. The van der Waals surface area contributed by atoms with Crippen LogP contribution in [0.2, 0.25) is 0 Å². The van der Waals surface area contributed by atoms with Crippen molar-refractivity contribution in [3.05, 3.63) is 17.6 Å². The Morgan fingerprint density at radius 2 is 1.80 bits per heavy atom. The van der Waals surface area contributed by atoms with Crippen LogP contribution >= 0.6 is 0 Å². The Labute approximate surface area is 147 Å². The van der Waals surface area contributed by atoms with Crippen LogP contribution in [-0.2, 0) is 15.9 Å². The summed E-state index contributed by atoms with van der Waals surface area (Å²) >= 11 is 0. The molecule has 1 aliphatic heterocycles. The molecule has 1 aliphatic carbocycles. The van der Waals surface area contributed by atoms with Crippen LogP contribution in [0.25, 0.3) is 6.08 Å². The van der Waals surface area contributed by atoms with E-state index in [0.717, 1.165) is 19.3 Å². The normalized spacial score (nSPS) is 25.4. The largest absolute Gasteiger partial charge is 0.525 e. The molecule has 2 heterocycles. The first-order valence-electron chi connectivity index (χ1n) is 8.92. The van der Waals surface area contributed by atoms with Crippen molar-refractivity contribution in [2.24, 2.45) is 0 Å². The van der Waals surface area contributed by atoms with Gasteiger partial charge in [0, 0.05) is 0 Å². The van der Waals surface area contributed by atoms with Gasteiger partial charge in [-0.2, -0.15) is 0 Å². The molecule has 2 fully saturated rings. The van der Waals surface area contributed by atoms with Gasteiger partial charge in [-0.25, -0.2) is 13.5 Å². The fourth-order valence-corrected chi connectivity index (χ4v) is 3.26. The number of hydrogen-bond acceptors (Lipinski definition) is 4. The van der Waals surface area contributed by atoms with Gasteiger partial charge in [0.2, 0.25) is 0 Å². The second-order valence-corrected chi connectivity index (χ2v) is 8.17. The molecule has 0 bridgehead atoms. The van der Waals surface area contributed by atoms with Crippen molar-refractivity contribution in [3.8, 4) is 0 Å². The van der Waals surface area contributed by atoms with E-state index in [1.165, 1.54) is 10.8 Å². The highest BCUT2D eigenvalue weighted by atomic mass is 19.1. The van der Waals surface area contributed by atoms with Gasteiger partial charge in [-0.05, 0) is 46.6 Å². The lowest BCUT2D eigenvalue weighted by Crippen LogP contribution is -2.41. The molecule has 3 rings (SSSR count). The number of aromatic nitrogens is 3. The number of rotatable bonds is 4. The molecule has 1 saturated heterocycles. The lowest BCUT2D eigenvalue weighted by Gasteiger charge is -2.32. The highest BCUT2D eigenvalue weighted by molar-refractivity contribution is 6.54. The van der Waals surface area contributed by atoms with Crippen molar-refractivity contribution in [3.63, 3.8) is 0 Å². The van der Waals surface area contributed by atoms with E-state index < -0.39 is 29.7 Å². The van der Waals surface area contributed by atoms with E-state index in [-0.39, 0.29) is 6.54 Å². The zero-order chi connectivity index (χ0) is 18.3. The van der Waals surface area contributed by atoms with Crippen LogP contribution in [0, 0.1) is 0 Å². The molecule has 5 nitrogen and oxygen atoms in total. The van der Waals surface area contributed by atoms with Crippen LogP contribution in [0.1, 0.15) is 65.5 Å². The van der Waals surface area contributed by atoms with Crippen molar-refractivity contribution in [1.29, 1.82) is 0 Å². The molecule has 25 heavy (non-hydrogen) atoms. The average molecular weight is 353 g/mol. The number of alkyl halides is 1. The molecule has 0 unspecified atom stereocenters. The zero-order valence-electron chi connectivity index (χ0n) is 15.4. The lowest BCUT2D eigenvalue weighted by molar-refractivity contribution is 0.00578. The van der Waals surface area contributed by atoms with Gasteiger partial charge in [0.15, 0.2) is 0 Å². The molecule has 0 radical (unpaired) electrons. The smallest absolute Gasteiger partial charge is 0.398 e. The van der Waals surface area contributed by atoms with E-state index in [1.54, 1.807) is 6.20 Å². The van der Waals surface area contributed by atoms with Gasteiger partial charge in [0.25, 0.3) is 0 Å². The molecular weight excluding hydrogens is 327 g/mol. The quantitative estimate of drug-likeness (QED) is 0.771. The van der Waals surface area contributed by atoms with Crippen molar-refractivity contribution in [1.82, 2.24) is 15.0 Å². The van der Waals surface area contributed by atoms with Crippen LogP contribution in [0.3, 0.4) is 0 Å². The van der Waals surface area contributed by atoms with Crippen LogP contribution < -0.4 is 0 Å². The first kappa shape index (κ1) is 18.5. The van der Waals surface area contributed by atoms with Crippen LogP contribution in [0.15, 0.2) is 11.9 Å². The maximum absolute atomic E-state index is 14.7. The summed E-state index contributed by atoms with van der Waals surface area (Å²) < 4.78 is 42.0. The van der Waals surface area contributed by atoms with Gasteiger partial charge in [0.1, 0.15) is 17.1 Å². The fourth-order valence-electron chi connectivity index (χ4n) is 3.26. The molecule has 1 aromatic rings. The summed E-state index contributed by atoms with van der Waals surface area (Å²) in [6.07, 6.45) is 6.75. The third kappa shape index (κ3) is 3.95. The second kappa shape index (κ2) is 6.47. The van der Waals surface area contributed by atoms with Gasteiger partial charge >= 0.3 is 7.12 Å². The van der Waals surface area contributed by atoms with E-state index in [9.17, 15) is 8.78 Å². The first-order valence-corrected chi connectivity index (χ1v) is 8.92.